The van der Waals surface area contributed by atoms with Crippen LogP contribution in [0.4, 0.5) is 5.13 Å². The summed E-state index contributed by atoms with van der Waals surface area (Å²) in [5.74, 6) is 0.352. The summed E-state index contributed by atoms with van der Waals surface area (Å²) in [7, 11) is 1.84. The zero-order valence-electron chi connectivity index (χ0n) is 16.7. The van der Waals surface area contributed by atoms with Crippen molar-refractivity contribution in [3.63, 3.8) is 0 Å². The number of fused-ring (bicyclic) bond motifs is 1. The Labute approximate surface area is 187 Å². The van der Waals surface area contributed by atoms with Crippen LogP contribution in [-0.4, -0.2) is 38.1 Å². The molecule has 2 heterocycles. The number of anilines is 1. The molecule has 0 aliphatic heterocycles. The van der Waals surface area contributed by atoms with Crippen molar-refractivity contribution in [3.05, 3.63) is 69.7 Å². The number of aromatic amines is 1. The van der Waals surface area contributed by atoms with Gasteiger partial charge in [-0.3, -0.25) is 14.7 Å². The van der Waals surface area contributed by atoms with Crippen LogP contribution in [0.5, 0.6) is 0 Å². The van der Waals surface area contributed by atoms with E-state index >= 15 is 0 Å². The molecular formula is C21H20N6O2S2. The summed E-state index contributed by atoms with van der Waals surface area (Å²) in [6.07, 6.45) is 0.666. The van der Waals surface area contributed by atoms with Gasteiger partial charge in [0.25, 0.3) is 5.91 Å². The van der Waals surface area contributed by atoms with Gasteiger partial charge in [-0.25, -0.2) is 4.98 Å². The molecule has 0 fully saturated rings. The van der Waals surface area contributed by atoms with Crippen LogP contribution in [-0.2, 0) is 18.3 Å². The Balaban J connectivity index is 1.26. The van der Waals surface area contributed by atoms with Crippen molar-refractivity contribution in [2.75, 3.05) is 11.9 Å². The predicted octanol–water partition coefficient (Wildman–Crippen LogP) is 3.44. The molecule has 10 heteroatoms. The number of thiazole rings is 1. The SMILES string of the molecule is Cn1c(Cc2csc(NC(=O)CCNC(=O)c3ccc4ccccc4c3)n2)n[nH]c1=S. The number of nitrogens with one attached hydrogen (secondary N) is 3. The topological polar surface area (TPSA) is 105 Å². The maximum absolute atomic E-state index is 12.4. The minimum absolute atomic E-state index is 0.155. The quantitative estimate of drug-likeness (QED) is 0.373. The van der Waals surface area contributed by atoms with E-state index in [-0.39, 0.29) is 24.8 Å². The van der Waals surface area contributed by atoms with Crippen molar-refractivity contribution in [2.45, 2.75) is 12.8 Å². The van der Waals surface area contributed by atoms with E-state index in [1.165, 1.54) is 11.3 Å². The summed E-state index contributed by atoms with van der Waals surface area (Å²) in [5.41, 5.74) is 1.36. The second kappa shape index (κ2) is 9.19. The molecule has 0 aliphatic carbocycles. The second-order valence-electron chi connectivity index (χ2n) is 6.94. The van der Waals surface area contributed by atoms with Gasteiger partial charge in [-0.1, -0.05) is 30.3 Å². The number of hydrogen-bond acceptors (Lipinski definition) is 6. The van der Waals surface area contributed by atoms with E-state index in [0.717, 1.165) is 22.3 Å². The van der Waals surface area contributed by atoms with Crippen molar-refractivity contribution in [1.29, 1.82) is 0 Å². The minimum Gasteiger partial charge on any atom is -0.352 e. The summed E-state index contributed by atoms with van der Waals surface area (Å²) in [4.78, 5) is 29.0. The normalized spacial score (nSPS) is 10.9. The minimum atomic E-state index is -0.210. The number of nitrogens with zero attached hydrogens (tertiary/aromatic N) is 3. The fourth-order valence-corrected chi connectivity index (χ4v) is 3.93. The summed E-state index contributed by atoms with van der Waals surface area (Å²) >= 11 is 6.45. The van der Waals surface area contributed by atoms with E-state index in [1.807, 2.05) is 48.8 Å². The second-order valence-corrected chi connectivity index (χ2v) is 8.19. The molecule has 31 heavy (non-hydrogen) atoms. The first-order chi connectivity index (χ1) is 15.0. The first kappa shape index (κ1) is 20.9. The summed E-state index contributed by atoms with van der Waals surface area (Å²) in [5, 5.41) is 16.9. The molecule has 4 rings (SSSR count). The molecule has 2 aromatic heterocycles. The molecular weight excluding hydrogens is 432 g/mol. The molecule has 158 valence electrons. The fourth-order valence-electron chi connectivity index (χ4n) is 3.05. The number of benzene rings is 2. The van der Waals surface area contributed by atoms with Crippen molar-refractivity contribution in [3.8, 4) is 0 Å². The van der Waals surface area contributed by atoms with Gasteiger partial charge in [0.15, 0.2) is 9.90 Å². The highest BCUT2D eigenvalue weighted by molar-refractivity contribution is 7.71. The van der Waals surface area contributed by atoms with Crippen LogP contribution in [0.25, 0.3) is 10.8 Å². The zero-order chi connectivity index (χ0) is 21.8. The van der Waals surface area contributed by atoms with Crippen LogP contribution in [0.1, 0.15) is 28.3 Å². The Morgan fingerprint density at radius 1 is 1.19 bits per heavy atom. The molecule has 0 bridgehead atoms. The van der Waals surface area contributed by atoms with Crippen LogP contribution < -0.4 is 10.6 Å². The first-order valence-corrected chi connectivity index (χ1v) is 10.9. The third-order valence-electron chi connectivity index (χ3n) is 4.76. The van der Waals surface area contributed by atoms with Gasteiger partial charge in [-0.2, -0.15) is 5.10 Å². The molecule has 0 unspecified atom stereocenters. The third-order valence-corrected chi connectivity index (χ3v) is 5.93. The largest absolute Gasteiger partial charge is 0.352 e. The molecule has 0 spiro atoms. The average Bonchev–Trinajstić information content (AvgIpc) is 3.34. The van der Waals surface area contributed by atoms with Gasteiger partial charge >= 0.3 is 0 Å². The number of carbonyl (C=O) groups excluding carboxylic acids is 2. The molecule has 4 aromatic rings. The maximum atomic E-state index is 12.4. The van der Waals surface area contributed by atoms with E-state index in [1.54, 1.807) is 10.6 Å². The van der Waals surface area contributed by atoms with Gasteiger partial charge in [0.2, 0.25) is 5.91 Å². The lowest BCUT2D eigenvalue weighted by Crippen LogP contribution is -2.27. The van der Waals surface area contributed by atoms with E-state index in [2.05, 4.69) is 25.8 Å². The van der Waals surface area contributed by atoms with Crippen LogP contribution in [0.15, 0.2) is 47.8 Å². The van der Waals surface area contributed by atoms with Gasteiger partial charge in [-0.05, 0) is 35.1 Å². The monoisotopic (exact) mass is 452 g/mol. The Morgan fingerprint density at radius 2 is 2.00 bits per heavy atom. The molecule has 0 saturated carbocycles. The summed E-state index contributed by atoms with van der Waals surface area (Å²) < 4.78 is 2.33. The molecule has 2 aromatic carbocycles. The van der Waals surface area contributed by atoms with Crippen molar-refractivity contribution in [2.24, 2.45) is 7.05 Å². The highest BCUT2D eigenvalue weighted by atomic mass is 32.1. The number of carbonyl (C=O) groups is 2. The number of aromatic nitrogens is 4. The summed E-state index contributed by atoms with van der Waals surface area (Å²) in [6.45, 7) is 0.237. The molecule has 0 saturated heterocycles. The van der Waals surface area contributed by atoms with Gasteiger partial charge in [0, 0.05) is 31.0 Å². The Kier molecular flexibility index (Phi) is 6.19. The highest BCUT2D eigenvalue weighted by Crippen LogP contribution is 2.18. The molecule has 0 radical (unpaired) electrons. The van der Waals surface area contributed by atoms with Crippen LogP contribution in [0, 0.1) is 4.77 Å². The van der Waals surface area contributed by atoms with Crippen molar-refractivity contribution >= 4 is 51.3 Å². The molecule has 3 N–H and O–H groups in total. The Morgan fingerprint density at radius 3 is 2.77 bits per heavy atom. The number of H-pyrrole nitrogens is 1. The lowest BCUT2D eigenvalue weighted by molar-refractivity contribution is -0.116. The van der Waals surface area contributed by atoms with Crippen molar-refractivity contribution in [1.82, 2.24) is 25.1 Å². The number of amides is 2. The standard InChI is InChI=1S/C21H20N6O2S2/c1-27-17(25-26-21(27)30)11-16-12-31-20(23-16)24-18(28)8-9-22-19(29)15-7-6-13-4-2-3-5-14(13)10-15/h2-7,10,12H,8-9,11H2,1H3,(H,22,29)(H,26,30)(H,23,24,28). The smallest absolute Gasteiger partial charge is 0.251 e. The zero-order valence-corrected chi connectivity index (χ0v) is 18.3. The Hall–Kier alpha value is -3.37. The van der Waals surface area contributed by atoms with Crippen LogP contribution in [0.3, 0.4) is 0 Å². The molecule has 0 atom stereocenters. The van der Waals surface area contributed by atoms with E-state index in [0.29, 0.717) is 21.9 Å². The fraction of sp³-hybridized carbons (Fsp3) is 0.190. The number of hydrogen-bond donors (Lipinski definition) is 3. The van der Waals surface area contributed by atoms with Crippen molar-refractivity contribution < 1.29 is 9.59 Å². The average molecular weight is 453 g/mol. The number of rotatable bonds is 7. The predicted molar refractivity (Wildman–Crippen MR) is 123 cm³/mol. The van der Waals surface area contributed by atoms with Crippen LogP contribution in [0.2, 0.25) is 0 Å². The third kappa shape index (κ3) is 5.04. The first-order valence-electron chi connectivity index (χ1n) is 9.61. The summed E-state index contributed by atoms with van der Waals surface area (Å²) in [6, 6.07) is 13.4. The highest BCUT2D eigenvalue weighted by Gasteiger charge is 2.11. The molecule has 8 nitrogen and oxygen atoms in total. The van der Waals surface area contributed by atoms with Gasteiger partial charge in [0.1, 0.15) is 5.82 Å². The van der Waals surface area contributed by atoms with Gasteiger partial charge in [0.05, 0.1) is 12.1 Å². The Bertz CT molecular complexity index is 1310. The van der Waals surface area contributed by atoms with Crippen LogP contribution >= 0.6 is 23.6 Å². The maximum Gasteiger partial charge on any atom is 0.251 e. The van der Waals surface area contributed by atoms with Gasteiger partial charge in [-0.15, -0.1) is 11.3 Å². The lowest BCUT2D eigenvalue weighted by Gasteiger charge is -2.06. The van der Waals surface area contributed by atoms with E-state index < -0.39 is 0 Å². The lowest BCUT2D eigenvalue weighted by atomic mass is 10.1. The van der Waals surface area contributed by atoms with E-state index in [4.69, 9.17) is 12.2 Å². The van der Waals surface area contributed by atoms with Gasteiger partial charge < -0.3 is 15.2 Å². The molecule has 2 amide bonds. The molecule has 0 aliphatic rings. The van der Waals surface area contributed by atoms with E-state index in [9.17, 15) is 9.59 Å².